The van der Waals surface area contributed by atoms with Gasteiger partial charge in [-0.1, -0.05) is 37.6 Å². The lowest BCUT2D eigenvalue weighted by atomic mass is 9.91. The lowest BCUT2D eigenvalue weighted by Crippen LogP contribution is -2.13. The Morgan fingerprint density at radius 1 is 1.18 bits per heavy atom. The van der Waals surface area contributed by atoms with Gasteiger partial charge in [0.2, 0.25) is 10.3 Å². The minimum absolute atomic E-state index is 0.0358. The van der Waals surface area contributed by atoms with Gasteiger partial charge in [-0.3, -0.25) is 9.11 Å². The molecule has 5 N–H and O–H groups in total. The highest BCUT2D eigenvalue weighted by Crippen LogP contribution is 2.40. The molecule has 0 fully saturated rings. The molecule has 38 heavy (non-hydrogen) atoms. The first kappa shape index (κ1) is 30.3. The molecule has 0 aliphatic carbocycles. The normalized spacial score (nSPS) is 13.0. The van der Waals surface area contributed by atoms with Crippen LogP contribution in [-0.4, -0.2) is 61.8 Å². The molecular formula is C17H21N7O9S5. The van der Waals surface area contributed by atoms with E-state index >= 15 is 0 Å². The molecule has 0 saturated carbocycles. The van der Waals surface area contributed by atoms with Crippen molar-refractivity contribution in [1.29, 1.82) is 0 Å². The van der Waals surface area contributed by atoms with Crippen molar-refractivity contribution in [3.05, 3.63) is 23.9 Å². The van der Waals surface area contributed by atoms with Crippen molar-refractivity contribution in [2.75, 3.05) is 17.2 Å². The van der Waals surface area contributed by atoms with E-state index in [1.807, 2.05) is 20.8 Å². The molecule has 3 rings (SSSR count). The number of hydrogen-bond donors (Lipinski definition) is 4. The number of thioether (sulfide) groups is 1. The second-order valence-electron chi connectivity index (χ2n) is 8.27. The van der Waals surface area contributed by atoms with Gasteiger partial charge in [0.15, 0.2) is 11.5 Å². The minimum Gasteiger partial charge on any atom is -0.382 e. The maximum absolute atomic E-state index is 11.7. The average molecular weight is 628 g/mol. The fourth-order valence-corrected chi connectivity index (χ4v) is 6.04. The number of rotatable bonds is 11. The Balaban J connectivity index is 2.03. The van der Waals surface area contributed by atoms with Gasteiger partial charge in [-0.25, -0.2) is 9.94 Å². The van der Waals surface area contributed by atoms with Crippen LogP contribution in [0.5, 0.6) is 0 Å². The Morgan fingerprint density at radius 2 is 1.89 bits per heavy atom. The largest absolute Gasteiger partial charge is 0.382 e. The number of aromatic nitrogens is 4. The first-order valence-electron chi connectivity index (χ1n) is 10.1. The summed E-state index contributed by atoms with van der Waals surface area (Å²) in [6.07, 6.45) is 0. The number of nitrogens with two attached hydrogens (primary N) is 1. The molecule has 0 saturated heterocycles. The summed E-state index contributed by atoms with van der Waals surface area (Å²) < 4.78 is 73.2. The third-order valence-corrected chi connectivity index (χ3v) is 8.47. The lowest BCUT2D eigenvalue weighted by molar-refractivity contribution is -0.432. The number of azo groups is 1. The first-order valence-corrected chi connectivity index (χ1v) is 15.6. The second kappa shape index (κ2) is 11.9. The van der Waals surface area contributed by atoms with Gasteiger partial charge in [0.25, 0.3) is 20.2 Å². The molecule has 2 heterocycles. The highest BCUT2D eigenvalue weighted by atomic mass is 32.2. The highest BCUT2D eigenvalue weighted by molar-refractivity contribution is 8.00. The van der Waals surface area contributed by atoms with Crippen molar-refractivity contribution in [2.45, 2.75) is 41.1 Å². The van der Waals surface area contributed by atoms with Crippen LogP contribution in [0.15, 0.2) is 43.4 Å². The Kier molecular flexibility index (Phi) is 9.49. The maximum atomic E-state index is 11.7. The lowest BCUT2D eigenvalue weighted by Gasteiger charge is -2.15. The number of nitrogen functional groups attached to an aromatic ring is 1. The summed E-state index contributed by atoms with van der Waals surface area (Å²) in [6.45, 7) is 5.50. The third kappa shape index (κ3) is 7.91. The zero-order chi connectivity index (χ0) is 28.3. The van der Waals surface area contributed by atoms with Crippen LogP contribution in [0.4, 0.5) is 16.6 Å². The van der Waals surface area contributed by atoms with E-state index in [1.54, 1.807) is 0 Å². The van der Waals surface area contributed by atoms with E-state index in [0.29, 0.717) is 17.7 Å². The predicted molar refractivity (Wildman–Crippen MR) is 138 cm³/mol. The van der Waals surface area contributed by atoms with Crippen LogP contribution >= 0.6 is 35.3 Å². The van der Waals surface area contributed by atoms with E-state index in [4.69, 9.17) is 15.5 Å². The van der Waals surface area contributed by atoms with Gasteiger partial charge in [0.05, 0.1) is 39.0 Å². The monoisotopic (exact) mass is 627 g/mol. The SMILES string of the molecule is CC(C)(C)c1nn(-c2cc(S(=O)(=O)O)ccc2SOOO)c(N)c1N=Nc1nc(SCCS(=O)(=O)O)ns1. The van der Waals surface area contributed by atoms with Gasteiger partial charge < -0.3 is 5.73 Å². The average Bonchev–Trinajstić information content (AvgIpc) is 3.38. The fourth-order valence-electron chi connectivity index (χ4n) is 2.79. The Labute approximate surface area is 229 Å². The molecule has 0 aliphatic heterocycles. The molecular weight excluding hydrogens is 607 g/mol. The molecule has 1 aromatic carbocycles. The Hall–Kier alpha value is -2.21. The zero-order valence-electron chi connectivity index (χ0n) is 19.7. The molecule has 0 amide bonds. The quantitative estimate of drug-likeness (QED) is 0.0591. The number of nitrogens with zero attached hydrogens (tertiary/aromatic N) is 6. The van der Waals surface area contributed by atoms with E-state index in [0.717, 1.165) is 35.4 Å². The Morgan fingerprint density at radius 3 is 2.50 bits per heavy atom. The fraction of sp³-hybridized carbons (Fsp3) is 0.353. The third-order valence-electron chi connectivity index (χ3n) is 4.42. The molecule has 0 atom stereocenters. The number of benzene rings is 1. The molecule has 16 nitrogen and oxygen atoms in total. The van der Waals surface area contributed by atoms with Crippen molar-refractivity contribution in [1.82, 2.24) is 19.1 Å². The standard InChI is InChI=1S/C17H21N7O9S5/c1-17(2,3)13-12(20-21-15-19-16(23-35-15)34-6-7-37(26,27)28)14(18)24(22-13)10-8-9(38(29,30)31)4-5-11(10)36-33-32-25/h4-5,8,25H,6-7,18H2,1-3H3,(H,26,27,28)(H,29,30,31). The van der Waals surface area contributed by atoms with Gasteiger partial charge in [-0.05, 0) is 18.2 Å². The molecule has 21 heteroatoms. The van der Waals surface area contributed by atoms with Gasteiger partial charge in [0, 0.05) is 22.7 Å². The highest BCUT2D eigenvalue weighted by Gasteiger charge is 2.28. The van der Waals surface area contributed by atoms with Gasteiger partial charge >= 0.3 is 0 Å². The molecule has 0 aliphatic rings. The summed E-state index contributed by atoms with van der Waals surface area (Å²) >= 11 is 2.42. The van der Waals surface area contributed by atoms with Crippen LogP contribution in [0.1, 0.15) is 26.5 Å². The predicted octanol–water partition coefficient (Wildman–Crippen LogP) is 3.67. The van der Waals surface area contributed by atoms with E-state index in [-0.39, 0.29) is 38.1 Å². The molecule has 0 radical (unpaired) electrons. The van der Waals surface area contributed by atoms with Crippen LogP contribution in [0, 0.1) is 0 Å². The van der Waals surface area contributed by atoms with E-state index in [1.165, 1.54) is 10.7 Å². The smallest absolute Gasteiger partial charge is 0.294 e. The summed E-state index contributed by atoms with van der Waals surface area (Å²) in [7, 11) is -8.70. The summed E-state index contributed by atoms with van der Waals surface area (Å²) in [5.41, 5.74) is 6.30. The van der Waals surface area contributed by atoms with Crippen LogP contribution in [0.25, 0.3) is 5.69 Å². The van der Waals surface area contributed by atoms with Crippen LogP contribution in [-0.2, 0) is 35.0 Å². The maximum Gasteiger partial charge on any atom is 0.294 e. The van der Waals surface area contributed by atoms with E-state index < -0.39 is 36.3 Å². The minimum atomic E-state index is -4.59. The van der Waals surface area contributed by atoms with E-state index in [9.17, 15) is 21.4 Å². The summed E-state index contributed by atoms with van der Waals surface area (Å²) in [6, 6.07) is 3.48. The summed E-state index contributed by atoms with van der Waals surface area (Å²) in [5.74, 6) is -0.480. The van der Waals surface area contributed by atoms with Crippen molar-refractivity contribution in [2.24, 2.45) is 10.2 Å². The number of anilines is 1. The second-order valence-corrected chi connectivity index (χ2v) is 13.8. The number of hydrogen-bond acceptors (Lipinski definition) is 16. The van der Waals surface area contributed by atoms with Gasteiger partial charge in [0.1, 0.15) is 0 Å². The van der Waals surface area contributed by atoms with Gasteiger partial charge in [-0.2, -0.15) is 31.3 Å². The van der Waals surface area contributed by atoms with Crippen LogP contribution < -0.4 is 5.73 Å². The van der Waals surface area contributed by atoms with E-state index in [2.05, 4.69) is 34.1 Å². The van der Waals surface area contributed by atoms with Crippen molar-refractivity contribution < 1.29 is 40.6 Å². The molecule has 0 spiro atoms. The topological polar surface area (TPSA) is 242 Å². The van der Waals surface area contributed by atoms with Crippen molar-refractivity contribution in [3.8, 4) is 5.69 Å². The molecule has 0 bridgehead atoms. The van der Waals surface area contributed by atoms with Crippen molar-refractivity contribution >= 4 is 72.2 Å². The summed E-state index contributed by atoms with van der Waals surface area (Å²) in [4.78, 5) is 3.89. The Bertz CT molecular complexity index is 1550. The van der Waals surface area contributed by atoms with Crippen LogP contribution in [0.3, 0.4) is 0 Å². The van der Waals surface area contributed by atoms with Crippen LogP contribution in [0.2, 0.25) is 0 Å². The molecule has 2 aromatic heterocycles. The first-order chi connectivity index (χ1) is 17.6. The molecule has 3 aromatic rings. The molecule has 0 unspecified atom stereocenters. The summed E-state index contributed by atoms with van der Waals surface area (Å²) in [5, 5.41) is 25.3. The molecule has 208 valence electrons. The zero-order valence-corrected chi connectivity index (χ0v) is 23.8. The van der Waals surface area contributed by atoms with Gasteiger partial charge in [-0.15, -0.1) is 14.6 Å². The van der Waals surface area contributed by atoms with Crippen molar-refractivity contribution in [3.63, 3.8) is 0 Å².